The minimum Gasteiger partial charge on any atom is -0.495 e. The summed E-state index contributed by atoms with van der Waals surface area (Å²) < 4.78 is 45.1. The molecule has 3 N–H and O–H groups in total. The van der Waals surface area contributed by atoms with Crippen molar-refractivity contribution in [2.24, 2.45) is 5.73 Å². The molecule has 2 unspecified atom stereocenters. The normalized spacial score (nSPS) is 15.8. The number of carbonyl (C=O) groups excluding carboxylic acids is 1. The molecule has 0 fully saturated rings. The van der Waals surface area contributed by atoms with Gasteiger partial charge in [0.2, 0.25) is 5.91 Å². The largest absolute Gasteiger partial charge is 0.495 e. The number of nitrogens with two attached hydrogens (primary N) is 1. The fraction of sp³-hybridized carbons (Fsp3) is 0.423. The zero-order valence-corrected chi connectivity index (χ0v) is 19.6. The van der Waals surface area contributed by atoms with E-state index in [0.29, 0.717) is 30.7 Å². The van der Waals surface area contributed by atoms with Gasteiger partial charge in [-0.15, -0.1) is 0 Å². The lowest BCUT2D eigenvalue weighted by molar-refractivity contribution is -0.120. The van der Waals surface area contributed by atoms with E-state index in [9.17, 15) is 18.0 Å². The number of halogens is 3. The predicted octanol–water partition coefficient (Wildman–Crippen LogP) is 4.78. The van der Waals surface area contributed by atoms with Gasteiger partial charge in [0.05, 0.1) is 25.4 Å². The molecule has 1 amide bonds. The van der Waals surface area contributed by atoms with E-state index in [1.54, 1.807) is 19.2 Å². The number of carbonyl (C=O) groups is 1. The molecule has 2 aromatic rings. The number of hydrogen-bond donors (Lipinski definition) is 2. The van der Waals surface area contributed by atoms with Crippen LogP contribution in [0.1, 0.15) is 42.4 Å². The molecule has 182 valence electrons. The molecular weight excluding hydrogens is 443 g/mol. The zero-order chi connectivity index (χ0) is 24.9. The first-order chi connectivity index (χ1) is 16.1. The first kappa shape index (κ1) is 25.3. The lowest BCUT2D eigenvalue weighted by Gasteiger charge is -2.25. The molecule has 3 rings (SSSR count). The Kier molecular flexibility index (Phi) is 7.98. The Labute approximate surface area is 198 Å². The highest BCUT2D eigenvalue weighted by molar-refractivity contribution is 5.73. The van der Waals surface area contributed by atoms with Crippen molar-refractivity contribution in [2.75, 3.05) is 30.4 Å². The third kappa shape index (κ3) is 6.37. The second kappa shape index (κ2) is 10.7. The fourth-order valence-electron chi connectivity index (χ4n) is 4.20. The highest BCUT2D eigenvalue weighted by Crippen LogP contribution is 2.36. The van der Waals surface area contributed by atoms with Gasteiger partial charge >= 0.3 is 6.18 Å². The summed E-state index contributed by atoms with van der Waals surface area (Å²) in [6, 6.07) is 10.6. The van der Waals surface area contributed by atoms with Crippen LogP contribution in [0.15, 0.2) is 36.4 Å². The van der Waals surface area contributed by atoms with E-state index in [1.807, 2.05) is 38.1 Å². The van der Waals surface area contributed by atoms with E-state index in [2.05, 4.69) is 17.2 Å². The summed E-state index contributed by atoms with van der Waals surface area (Å²) >= 11 is 0. The van der Waals surface area contributed by atoms with Gasteiger partial charge in [0.15, 0.2) is 0 Å². The van der Waals surface area contributed by atoms with E-state index < -0.39 is 18.8 Å². The molecule has 0 bridgehead atoms. The smallest absolute Gasteiger partial charge is 0.405 e. The lowest BCUT2D eigenvalue weighted by Crippen LogP contribution is -2.39. The number of aryl methyl sites for hydroxylation is 1. The molecule has 0 aliphatic carbocycles. The Bertz CT molecular complexity index is 1090. The van der Waals surface area contributed by atoms with Crippen molar-refractivity contribution in [1.29, 1.82) is 0 Å². The van der Waals surface area contributed by atoms with Gasteiger partial charge in [-0.3, -0.25) is 4.79 Å². The molecule has 1 aliphatic rings. The monoisotopic (exact) mass is 473 g/mol. The molecule has 8 heteroatoms. The number of alkyl halides is 3. The Balaban J connectivity index is 1.68. The molecule has 1 heterocycles. The molecule has 0 radical (unpaired) electrons. The van der Waals surface area contributed by atoms with Crippen LogP contribution in [0.5, 0.6) is 5.75 Å². The SMILES string of the molecule is COc1cc(C(C)CCC(N)=O)ccc1NCC#CC1Cc2c(C)cccc2N1CC(F)(F)F. The second-order valence-corrected chi connectivity index (χ2v) is 8.58. The maximum absolute atomic E-state index is 13.2. The van der Waals surface area contributed by atoms with Gasteiger partial charge in [-0.05, 0) is 54.2 Å². The maximum atomic E-state index is 13.2. The number of primary amides is 1. The first-order valence-corrected chi connectivity index (χ1v) is 11.2. The van der Waals surface area contributed by atoms with E-state index in [-0.39, 0.29) is 18.4 Å². The van der Waals surface area contributed by atoms with Gasteiger partial charge in [-0.1, -0.05) is 37.0 Å². The molecule has 34 heavy (non-hydrogen) atoms. The first-order valence-electron chi connectivity index (χ1n) is 11.2. The molecule has 0 spiro atoms. The molecule has 2 aromatic carbocycles. The number of nitrogens with one attached hydrogen (secondary N) is 1. The third-order valence-electron chi connectivity index (χ3n) is 6.07. The molecule has 0 saturated heterocycles. The zero-order valence-electron chi connectivity index (χ0n) is 19.6. The third-order valence-corrected chi connectivity index (χ3v) is 6.07. The van der Waals surface area contributed by atoms with Crippen LogP contribution in [0.2, 0.25) is 0 Å². The second-order valence-electron chi connectivity index (χ2n) is 8.58. The number of rotatable bonds is 8. The van der Waals surface area contributed by atoms with Crippen LogP contribution in [0.4, 0.5) is 24.5 Å². The summed E-state index contributed by atoms with van der Waals surface area (Å²) in [5.41, 5.74) is 9.50. The quantitative estimate of drug-likeness (QED) is 0.542. The standard InChI is InChI=1S/C26H30F3N3O2/c1-17(9-12-25(30)33)19-10-11-22(24(14-19)34-3)31-13-5-7-20-15-21-18(2)6-4-8-23(21)32(20)16-26(27,28)29/h4,6,8,10-11,14,17,20,31H,9,12-13,15-16H2,1-3H3,(H2,30,33). The number of amides is 1. The Morgan fingerprint density at radius 2 is 2.09 bits per heavy atom. The van der Waals surface area contributed by atoms with E-state index in [0.717, 1.165) is 22.4 Å². The number of fused-ring (bicyclic) bond motifs is 1. The molecule has 2 atom stereocenters. The van der Waals surface area contributed by atoms with Crippen molar-refractivity contribution >= 4 is 17.3 Å². The number of nitrogens with zero attached hydrogens (tertiary/aromatic N) is 1. The summed E-state index contributed by atoms with van der Waals surface area (Å²) in [5.74, 6) is 6.46. The van der Waals surface area contributed by atoms with E-state index in [1.165, 1.54) is 4.90 Å². The predicted molar refractivity (Wildman–Crippen MR) is 128 cm³/mol. The van der Waals surface area contributed by atoms with Crippen LogP contribution in [0.3, 0.4) is 0 Å². The highest BCUT2D eigenvalue weighted by Gasteiger charge is 2.38. The lowest BCUT2D eigenvalue weighted by atomic mass is 9.95. The van der Waals surface area contributed by atoms with Crippen LogP contribution in [0.25, 0.3) is 0 Å². The van der Waals surface area contributed by atoms with Gasteiger partial charge in [0.1, 0.15) is 12.3 Å². The maximum Gasteiger partial charge on any atom is 0.405 e. The topological polar surface area (TPSA) is 67.6 Å². The van der Waals surface area contributed by atoms with Crippen molar-refractivity contribution in [1.82, 2.24) is 0 Å². The minimum atomic E-state index is -4.31. The summed E-state index contributed by atoms with van der Waals surface area (Å²) in [6.07, 6.45) is -2.89. The van der Waals surface area contributed by atoms with Crippen LogP contribution in [-0.4, -0.2) is 38.3 Å². The summed E-state index contributed by atoms with van der Waals surface area (Å²) in [6.45, 7) is 3.16. The number of benzene rings is 2. The fourth-order valence-corrected chi connectivity index (χ4v) is 4.20. The van der Waals surface area contributed by atoms with Crippen LogP contribution in [-0.2, 0) is 11.2 Å². The van der Waals surface area contributed by atoms with E-state index in [4.69, 9.17) is 10.5 Å². The van der Waals surface area contributed by atoms with Crippen LogP contribution < -0.4 is 20.7 Å². The van der Waals surface area contributed by atoms with E-state index >= 15 is 0 Å². The van der Waals surface area contributed by atoms with Crippen molar-refractivity contribution in [3.63, 3.8) is 0 Å². The van der Waals surface area contributed by atoms with Crippen LogP contribution >= 0.6 is 0 Å². The Morgan fingerprint density at radius 3 is 2.76 bits per heavy atom. The average Bonchev–Trinajstić information content (AvgIpc) is 3.12. The van der Waals surface area contributed by atoms with Gasteiger partial charge in [0, 0.05) is 18.5 Å². The molecule has 0 aromatic heterocycles. The molecule has 0 saturated carbocycles. The number of ether oxygens (including phenoxy) is 1. The van der Waals surface area contributed by atoms with Gasteiger partial charge in [-0.2, -0.15) is 13.2 Å². The minimum absolute atomic E-state index is 0.141. The van der Waals surface area contributed by atoms with Crippen molar-refractivity contribution < 1.29 is 22.7 Å². The summed E-state index contributed by atoms with van der Waals surface area (Å²) in [4.78, 5) is 12.4. The number of hydrogen-bond acceptors (Lipinski definition) is 4. The Hall–Kier alpha value is -3.34. The summed E-state index contributed by atoms with van der Waals surface area (Å²) in [7, 11) is 1.57. The van der Waals surface area contributed by atoms with Crippen molar-refractivity contribution in [3.8, 4) is 17.6 Å². The molecular formula is C26H30F3N3O2. The Morgan fingerprint density at radius 1 is 1.32 bits per heavy atom. The summed E-state index contributed by atoms with van der Waals surface area (Å²) in [5, 5.41) is 3.19. The van der Waals surface area contributed by atoms with Gasteiger partial charge in [0.25, 0.3) is 0 Å². The number of methoxy groups -OCH3 is 1. The van der Waals surface area contributed by atoms with Crippen molar-refractivity contribution in [3.05, 3.63) is 53.1 Å². The van der Waals surface area contributed by atoms with Crippen molar-refractivity contribution in [2.45, 2.75) is 51.2 Å². The molecule has 5 nitrogen and oxygen atoms in total. The van der Waals surface area contributed by atoms with Gasteiger partial charge < -0.3 is 20.7 Å². The number of anilines is 2. The molecule has 1 aliphatic heterocycles. The van der Waals surface area contributed by atoms with Gasteiger partial charge in [-0.25, -0.2) is 0 Å². The average molecular weight is 474 g/mol. The van der Waals surface area contributed by atoms with Crippen LogP contribution in [0, 0.1) is 18.8 Å². The highest BCUT2D eigenvalue weighted by atomic mass is 19.4.